The number of benzene rings is 1. The van der Waals surface area contributed by atoms with Gasteiger partial charge in [0.2, 0.25) is 0 Å². The highest BCUT2D eigenvalue weighted by Gasteiger charge is 1.99. The largest absolute Gasteiger partial charge is 0.266 e. The molecule has 0 unspecified atom stereocenters. The van der Waals surface area contributed by atoms with E-state index >= 15 is 0 Å². The maximum atomic E-state index is 4.46. The van der Waals surface area contributed by atoms with Crippen molar-refractivity contribution in [1.29, 1.82) is 0 Å². The quantitative estimate of drug-likeness (QED) is 0.593. The zero-order chi connectivity index (χ0) is 12.3. The summed E-state index contributed by atoms with van der Waals surface area (Å²) >= 11 is 0. The fraction of sp³-hybridized carbons (Fsp3) is 0.250. The second-order valence-corrected chi connectivity index (χ2v) is 3.84. The van der Waals surface area contributed by atoms with Gasteiger partial charge in [-0.1, -0.05) is 12.1 Å². The number of hydrogen-bond acceptors (Lipinski definition) is 4. The van der Waals surface area contributed by atoms with E-state index in [2.05, 4.69) is 47.1 Å². The lowest BCUT2D eigenvalue weighted by Gasteiger charge is -2.01. The molecule has 0 aliphatic rings. The fourth-order valence-corrected chi connectivity index (χ4v) is 1.55. The highest BCUT2D eigenvalue weighted by molar-refractivity contribution is 5.78. The number of nitrogens with zero attached hydrogens (tertiary/aromatic N) is 5. The van der Waals surface area contributed by atoms with E-state index in [-0.39, 0.29) is 0 Å². The summed E-state index contributed by atoms with van der Waals surface area (Å²) in [6.45, 7) is 6.05. The number of hydrogen-bond donors (Lipinski definition) is 0. The summed E-state index contributed by atoms with van der Waals surface area (Å²) < 4.78 is 1.85. The van der Waals surface area contributed by atoms with Crippen molar-refractivity contribution in [3.05, 3.63) is 30.0 Å². The smallest absolute Gasteiger partial charge is 0.0926 e. The first kappa shape index (κ1) is 11.3. The Morgan fingerprint density at radius 2 is 2.35 bits per heavy atom. The Morgan fingerprint density at radius 1 is 1.53 bits per heavy atom. The van der Waals surface area contributed by atoms with E-state index in [9.17, 15) is 0 Å². The second-order valence-electron chi connectivity index (χ2n) is 3.84. The van der Waals surface area contributed by atoms with Crippen molar-refractivity contribution in [3.8, 4) is 0 Å². The molecule has 0 saturated heterocycles. The van der Waals surface area contributed by atoms with Gasteiger partial charge in [-0.05, 0) is 18.6 Å². The van der Waals surface area contributed by atoms with Crippen LogP contribution < -0.4 is 0 Å². The maximum Gasteiger partial charge on any atom is 0.0926 e. The van der Waals surface area contributed by atoms with Crippen LogP contribution in [0.25, 0.3) is 10.9 Å². The van der Waals surface area contributed by atoms with Gasteiger partial charge in [-0.2, -0.15) is 20.4 Å². The molecule has 0 radical (unpaired) electrons. The molecule has 0 amide bonds. The third kappa shape index (κ3) is 2.69. The molecule has 88 valence electrons. The summed E-state index contributed by atoms with van der Waals surface area (Å²) in [5.74, 6) is 0. The molecule has 17 heavy (non-hydrogen) atoms. The van der Waals surface area contributed by atoms with E-state index in [1.807, 2.05) is 10.9 Å². The van der Waals surface area contributed by atoms with Gasteiger partial charge in [-0.15, -0.1) is 0 Å². The van der Waals surface area contributed by atoms with E-state index < -0.39 is 0 Å². The Bertz CT molecular complexity index is 555. The predicted octanol–water partition coefficient (Wildman–Crippen LogP) is 1.88. The lowest BCUT2D eigenvalue weighted by molar-refractivity contribution is 0.381. The van der Waals surface area contributed by atoms with Crippen LogP contribution in [0.15, 0.2) is 34.6 Å². The average Bonchev–Trinajstić information content (AvgIpc) is 2.70. The highest BCUT2D eigenvalue weighted by atomic mass is 15.6. The molecular formula is C12H15N5. The number of rotatable bonds is 4. The summed E-state index contributed by atoms with van der Waals surface area (Å²) in [6.07, 6.45) is 3.75. The van der Waals surface area contributed by atoms with Crippen LogP contribution in [-0.4, -0.2) is 34.9 Å². The number of hydrazone groups is 2. The van der Waals surface area contributed by atoms with E-state index in [1.54, 1.807) is 13.3 Å². The standard InChI is InChI=1S/C12H15N5/c1-10-4-5-11-9-17(15-12(11)8-10)7-6-14-16(3)13-2/h4-6,8-9H,2,7H2,1,3H3. The predicted molar refractivity (Wildman–Crippen MR) is 70.3 cm³/mol. The minimum Gasteiger partial charge on any atom is -0.266 e. The fourth-order valence-electron chi connectivity index (χ4n) is 1.55. The van der Waals surface area contributed by atoms with Crippen LogP contribution in [0.1, 0.15) is 5.56 Å². The van der Waals surface area contributed by atoms with Gasteiger partial charge >= 0.3 is 0 Å². The normalized spacial score (nSPS) is 11.2. The van der Waals surface area contributed by atoms with Gasteiger partial charge in [-0.3, -0.25) is 4.68 Å². The van der Waals surface area contributed by atoms with E-state index in [4.69, 9.17) is 0 Å². The van der Waals surface area contributed by atoms with E-state index in [0.717, 1.165) is 10.9 Å². The van der Waals surface area contributed by atoms with Gasteiger partial charge in [0.15, 0.2) is 0 Å². The third-order valence-electron chi connectivity index (χ3n) is 2.43. The number of fused-ring (bicyclic) bond motifs is 1. The van der Waals surface area contributed by atoms with Crippen molar-refractivity contribution in [2.45, 2.75) is 13.5 Å². The molecule has 0 fully saturated rings. The Labute approximate surface area is 100 Å². The van der Waals surface area contributed by atoms with Crippen LogP contribution in [0.3, 0.4) is 0 Å². The zero-order valence-corrected chi connectivity index (χ0v) is 10.0. The number of aromatic nitrogens is 2. The van der Waals surface area contributed by atoms with Crippen molar-refractivity contribution in [1.82, 2.24) is 14.9 Å². The third-order valence-corrected chi connectivity index (χ3v) is 2.43. The van der Waals surface area contributed by atoms with Crippen molar-refractivity contribution in [3.63, 3.8) is 0 Å². The first-order valence-electron chi connectivity index (χ1n) is 5.35. The van der Waals surface area contributed by atoms with E-state index in [1.165, 1.54) is 10.7 Å². The molecular weight excluding hydrogens is 214 g/mol. The molecule has 2 aromatic rings. The molecule has 1 heterocycles. The molecule has 1 aromatic carbocycles. The molecule has 0 N–H and O–H groups in total. The van der Waals surface area contributed by atoms with Gasteiger partial charge in [0.1, 0.15) is 0 Å². The van der Waals surface area contributed by atoms with Crippen LogP contribution in [0, 0.1) is 6.92 Å². The van der Waals surface area contributed by atoms with Gasteiger partial charge in [-0.25, -0.2) is 0 Å². The molecule has 5 nitrogen and oxygen atoms in total. The van der Waals surface area contributed by atoms with Crippen molar-refractivity contribution in [2.75, 3.05) is 7.05 Å². The molecule has 0 bridgehead atoms. The van der Waals surface area contributed by atoms with Crippen molar-refractivity contribution < 1.29 is 0 Å². The lowest BCUT2D eigenvalue weighted by atomic mass is 10.2. The number of aryl methyl sites for hydroxylation is 1. The van der Waals surface area contributed by atoms with Crippen LogP contribution in [0.5, 0.6) is 0 Å². The topological polar surface area (TPSA) is 45.8 Å². The highest BCUT2D eigenvalue weighted by Crippen LogP contribution is 2.13. The van der Waals surface area contributed by atoms with Crippen molar-refractivity contribution in [2.24, 2.45) is 10.2 Å². The molecule has 1 aromatic heterocycles. The SMILES string of the molecule is C=NN(C)N=CCn1cc2ccc(C)cc2n1. The second kappa shape index (κ2) is 4.78. The average molecular weight is 229 g/mol. The summed E-state index contributed by atoms with van der Waals surface area (Å²) in [5, 5.41) is 14.7. The van der Waals surface area contributed by atoms with Crippen LogP contribution in [0.4, 0.5) is 0 Å². The van der Waals surface area contributed by atoms with Gasteiger partial charge in [0, 0.05) is 31.6 Å². The molecule has 0 saturated carbocycles. The minimum absolute atomic E-state index is 0.619. The van der Waals surface area contributed by atoms with Gasteiger partial charge < -0.3 is 0 Å². The summed E-state index contributed by atoms with van der Waals surface area (Å²) in [7, 11) is 1.73. The summed E-state index contributed by atoms with van der Waals surface area (Å²) in [5.41, 5.74) is 2.22. The molecule has 2 rings (SSSR count). The monoisotopic (exact) mass is 229 g/mol. The first-order valence-corrected chi connectivity index (χ1v) is 5.35. The minimum atomic E-state index is 0.619. The zero-order valence-electron chi connectivity index (χ0n) is 10.0. The Kier molecular flexibility index (Phi) is 3.18. The maximum absolute atomic E-state index is 4.46. The van der Waals surface area contributed by atoms with Crippen LogP contribution in [-0.2, 0) is 6.54 Å². The van der Waals surface area contributed by atoms with Gasteiger partial charge in [0.05, 0.1) is 12.1 Å². The first-order chi connectivity index (χ1) is 8.19. The molecule has 0 atom stereocenters. The lowest BCUT2D eigenvalue weighted by Crippen LogP contribution is -2.04. The Balaban J connectivity index is 2.14. The Morgan fingerprint density at radius 3 is 3.12 bits per heavy atom. The molecule has 5 heteroatoms. The summed E-state index contributed by atoms with van der Waals surface area (Å²) in [6, 6.07) is 6.22. The molecule has 0 spiro atoms. The van der Waals surface area contributed by atoms with Crippen LogP contribution in [0.2, 0.25) is 0 Å². The Hall–Kier alpha value is -2.17. The molecule has 0 aliphatic carbocycles. The molecule has 0 aliphatic heterocycles. The van der Waals surface area contributed by atoms with Gasteiger partial charge in [0.25, 0.3) is 0 Å². The van der Waals surface area contributed by atoms with Crippen LogP contribution >= 0.6 is 0 Å². The summed E-state index contributed by atoms with van der Waals surface area (Å²) in [4.78, 5) is 0. The van der Waals surface area contributed by atoms with E-state index in [0.29, 0.717) is 6.54 Å². The van der Waals surface area contributed by atoms with Crippen molar-refractivity contribution >= 4 is 23.8 Å².